The van der Waals surface area contributed by atoms with Crippen LogP contribution in [0.1, 0.15) is 45.6 Å². The molecule has 0 saturated carbocycles. The van der Waals surface area contributed by atoms with Crippen molar-refractivity contribution in [2.45, 2.75) is 52.6 Å². The molecule has 96 valence electrons. The van der Waals surface area contributed by atoms with Gasteiger partial charge in [0.1, 0.15) is 5.82 Å². The molecule has 0 radical (unpaired) electrons. The number of benzene rings is 1. The Morgan fingerprint density at radius 2 is 1.76 bits per heavy atom. The molecule has 0 spiro atoms. The van der Waals surface area contributed by atoms with Crippen molar-refractivity contribution in [1.29, 1.82) is 0 Å². The Morgan fingerprint density at radius 3 is 2.29 bits per heavy atom. The molecule has 0 fully saturated rings. The van der Waals surface area contributed by atoms with Crippen molar-refractivity contribution in [3.05, 3.63) is 35.6 Å². The second-order valence-electron chi connectivity index (χ2n) is 4.86. The Morgan fingerprint density at radius 1 is 1.12 bits per heavy atom. The summed E-state index contributed by atoms with van der Waals surface area (Å²) in [7, 11) is 0. The zero-order chi connectivity index (χ0) is 12.7. The first kappa shape index (κ1) is 14.2. The molecule has 2 heteroatoms. The van der Waals surface area contributed by atoms with Crippen LogP contribution in [0.15, 0.2) is 24.3 Å². The third kappa shape index (κ3) is 5.31. The summed E-state index contributed by atoms with van der Waals surface area (Å²) in [5.41, 5.74) is 1.15. The third-order valence-electron chi connectivity index (χ3n) is 3.38. The maximum absolute atomic E-state index is 12.7. The van der Waals surface area contributed by atoms with Gasteiger partial charge in [-0.15, -0.1) is 0 Å². The van der Waals surface area contributed by atoms with Gasteiger partial charge in [0.15, 0.2) is 0 Å². The average molecular weight is 237 g/mol. The first-order chi connectivity index (χ1) is 8.15. The van der Waals surface area contributed by atoms with Crippen LogP contribution in [-0.2, 0) is 6.54 Å². The maximum atomic E-state index is 12.7. The van der Waals surface area contributed by atoms with Gasteiger partial charge in [0.2, 0.25) is 0 Å². The fraction of sp³-hybridized carbons (Fsp3) is 0.600. The van der Waals surface area contributed by atoms with E-state index >= 15 is 0 Å². The smallest absolute Gasteiger partial charge is 0.123 e. The monoisotopic (exact) mass is 237 g/mol. The standard InChI is InChI=1S/C15H24FN/c1-4-12(3)10-15(5-2)17-11-13-6-8-14(16)9-7-13/h6-9,12,15,17H,4-5,10-11H2,1-3H3. The minimum Gasteiger partial charge on any atom is -0.310 e. The molecule has 0 heterocycles. The highest BCUT2D eigenvalue weighted by Gasteiger charge is 2.09. The van der Waals surface area contributed by atoms with Crippen LogP contribution in [0, 0.1) is 11.7 Å². The second-order valence-corrected chi connectivity index (χ2v) is 4.86. The lowest BCUT2D eigenvalue weighted by atomic mass is 9.97. The second kappa shape index (κ2) is 7.44. The van der Waals surface area contributed by atoms with Crippen molar-refractivity contribution in [2.75, 3.05) is 0 Å². The molecule has 0 aliphatic heterocycles. The van der Waals surface area contributed by atoms with Crippen LogP contribution in [0.25, 0.3) is 0 Å². The highest BCUT2D eigenvalue weighted by molar-refractivity contribution is 5.15. The van der Waals surface area contributed by atoms with E-state index in [9.17, 15) is 4.39 Å². The molecule has 0 aromatic heterocycles. The summed E-state index contributed by atoms with van der Waals surface area (Å²) in [6.45, 7) is 7.57. The summed E-state index contributed by atoms with van der Waals surface area (Å²) in [6, 6.07) is 7.30. The molecule has 2 unspecified atom stereocenters. The van der Waals surface area contributed by atoms with Gasteiger partial charge in [-0.2, -0.15) is 0 Å². The average Bonchev–Trinajstić information content (AvgIpc) is 2.36. The van der Waals surface area contributed by atoms with Crippen LogP contribution in [0.2, 0.25) is 0 Å². The Hall–Kier alpha value is -0.890. The van der Waals surface area contributed by atoms with E-state index < -0.39 is 0 Å². The molecular weight excluding hydrogens is 213 g/mol. The van der Waals surface area contributed by atoms with Crippen LogP contribution in [-0.4, -0.2) is 6.04 Å². The van der Waals surface area contributed by atoms with Crippen LogP contribution < -0.4 is 5.32 Å². The minimum atomic E-state index is -0.166. The Bertz CT molecular complexity index is 307. The summed E-state index contributed by atoms with van der Waals surface area (Å²) in [4.78, 5) is 0. The van der Waals surface area contributed by atoms with Crippen molar-refractivity contribution >= 4 is 0 Å². The number of rotatable bonds is 7. The Kier molecular flexibility index (Phi) is 6.20. The molecule has 0 aliphatic rings. The van der Waals surface area contributed by atoms with Crippen molar-refractivity contribution in [3.63, 3.8) is 0 Å². The normalized spacial score (nSPS) is 14.6. The van der Waals surface area contributed by atoms with E-state index in [0.717, 1.165) is 24.4 Å². The first-order valence-electron chi connectivity index (χ1n) is 6.63. The lowest BCUT2D eigenvalue weighted by Crippen LogP contribution is -2.29. The van der Waals surface area contributed by atoms with E-state index in [2.05, 4.69) is 26.1 Å². The lowest BCUT2D eigenvalue weighted by molar-refractivity contribution is 0.384. The van der Waals surface area contributed by atoms with Crippen molar-refractivity contribution < 1.29 is 4.39 Å². The summed E-state index contributed by atoms with van der Waals surface area (Å²) in [5, 5.41) is 3.55. The molecule has 1 nitrogen and oxygen atoms in total. The van der Waals surface area contributed by atoms with Gasteiger partial charge in [0, 0.05) is 12.6 Å². The Balaban J connectivity index is 2.39. The van der Waals surface area contributed by atoms with E-state index in [1.165, 1.54) is 25.0 Å². The van der Waals surface area contributed by atoms with Gasteiger partial charge in [-0.3, -0.25) is 0 Å². The molecule has 1 aromatic carbocycles. The van der Waals surface area contributed by atoms with Crippen LogP contribution in [0.4, 0.5) is 4.39 Å². The largest absolute Gasteiger partial charge is 0.310 e. The third-order valence-corrected chi connectivity index (χ3v) is 3.38. The van der Waals surface area contributed by atoms with E-state index in [1.54, 1.807) is 0 Å². The number of nitrogens with one attached hydrogen (secondary N) is 1. The van der Waals surface area contributed by atoms with Crippen LogP contribution in [0.5, 0.6) is 0 Å². The molecule has 1 N–H and O–H groups in total. The Labute approximate surface area is 104 Å². The molecule has 0 aliphatic carbocycles. The lowest BCUT2D eigenvalue weighted by Gasteiger charge is -2.20. The van der Waals surface area contributed by atoms with Gasteiger partial charge < -0.3 is 5.32 Å². The molecule has 0 saturated heterocycles. The van der Waals surface area contributed by atoms with Crippen molar-refractivity contribution in [2.24, 2.45) is 5.92 Å². The zero-order valence-electron chi connectivity index (χ0n) is 11.2. The molecule has 17 heavy (non-hydrogen) atoms. The van der Waals surface area contributed by atoms with Gasteiger partial charge in [-0.05, 0) is 36.5 Å². The van der Waals surface area contributed by atoms with Crippen LogP contribution >= 0.6 is 0 Å². The fourth-order valence-electron chi connectivity index (χ4n) is 1.91. The van der Waals surface area contributed by atoms with E-state index in [-0.39, 0.29) is 5.82 Å². The summed E-state index contributed by atoms with van der Waals surface area (Å²) < 4.78 is 12.7. The summed E-state index contributed by atoms with van der Waals surface area (Å²) >= 11 is 0. The van der Waals surface area contributed by atoms with Crippen molar-refractivity contribution in [3.8, 4) is 0 Å². The molecule has 1 aromatic rings. The molecule has 0 bridgehead atoms. The molecule has 0 amide bonds. The van der Waals surface area contributed by atoms with E-state index in [0.29, 0.717) is 6.04 Å². The molecule has 1 rings (SSSR count). The topological polar surface area (TPSA) is 12.0 Å². The van der Waals surface area contributed by atoms with Gasteiger partial charge in [-0.1, -0.05) is 39.3 Å². The van der Waals surface area contributed by atoms with E-state index in [1.807, 2.05) is 12.1 Å². The number of hydrogen-bond donors (Lipinski definition) is 1. The summed E-state index contributed by atoms with van der Waals surface area (Å²) in [6.07, 6.45) is 3.59. The minimum absolute atomic E-state index is 0.166. The maximum Gasteiger partial charge on any atom is 0.123 e. The highest BCUT2D eigenvalue weighted by Crippen LogP contribution is 2.12. The quantitative estimate of drug-likeness (QED) is 0.752. The number of hydrogen-bond acceptors (Lipinski definition) is 1. The van der Waals surface area contributed by atoms with Gasteiger partial charge in [0.05, 0.1) is 0 Å². The van der Waals surface area contributed by atoms with Gasteiger partial charge >= 0.3 is 0 Å². The zero-order valence-corrected chi connectivity index (χ0v) is 11.2. The van der Waals surface area contributed by atoms with Gasteiger partial charge in [-0.25, -0.2) is 4.39 Å². The fourth-order valence-corrected chi connectivity index (χ4v) is 1.91. The van der Waals surface area contributed by atoms with E-state index in [4.69, 9.17) is 0 Å². The van der Waals surface area contributed by atoms with Crippen LogP contribution in [0.3, 0.4) is 0 Å². The first-order valence-corrected chi connectivity index (χ1v) is 6.63. The van der Waals surface area contributed by atoms with Crippen molar-refractivity contribution in [1.82, 2.24) is 5.32 Å². The molecule has 2 atom stereocenters. The predicted molar refractivity (Wildman–Crippen MR) is 71.4 cm³/mol. The van der Waals surface area contributed by atoms with Gasteiger partial charge in [0.25, 0.3) is 0 Å². The highest BCUT2D eigenvalue weighted by atomic mass is 19.1. The molecular formula is C15H24FN. The SMILES string of the molecule is CCC(C)CC(CC)NCc1ccc(F)cc1. The predicted octanol–water partition coefficient (Wildman–Crippen LogP) is 4.13. The number of halogens is 1. The summed E-state index contributed by atoms with van der Waals surface area (Å²) in [5.74, 6) is 0.598.